The summed E-state index contributed by atoms with van der Waals surface area (Å²) in [6.45, 7) is 4.15. The Balaban J connectivity index is 2.07. The van der Waals surface area contributed by atoms with Crippen molar-refractivity contribution in [2.24, 2.45) is 5.16 Å². The van der Waals surface area contributed by atoms with E-state index in [9.17, 15) is 0 Å². The van der Waals surface area contributed by atoms with Gasteiger partial charge in [-0.3, -0.25) is 0 Å². The Morgan fingerprint density at radius 3 is 2.93 bits per heavy atom. The van der Waals surface area contributed by atoms with Crippen molar-refractivity contribution in [2.75, 3.05) is 6.79 Å². The lowest BCUT2D eigenvalue weighted by Gasteiger charge is -2.01. The summed E-state index contributed by atoms with van der Waals surface area (Å²) < 4.78 is 10.4. The average Bonchev–Trinajstić information content (AvgIpc) is 2.64. The number of benzene rings is 1. The fourth-order valence-corrected chi connectivity index (χ4v) is 1.21. The number of hydrogen-bond acceptors (Lipinski definition) is 4. The van der Waals surface area contributed by atoms with Crippen molar-refractivity contribution in [1.29, 1.82) is 0 Å². The zero-order valence-electron chi connectivity index (χ0n) is 8.77. The van der Waals surface area contributed by atoms with Crippen molar-refractivity contribution in [3.05, 3.63) is 23.8 Å². The standard InChI is InChI=1S/C11H13NO3/c1-8(2)15-12-6-9-3-4-10-11(5-9)14-7-13-10/h3-6,8H,7H2,1-2H3/b12-6+. The molecule has 0 radical (unpaired) electrons. The third kappa shape index (κ3) is 2.40. The summed E-state index contributed by atoms with van der Waals surface area (Å²) in [6, 6.07) is 5.63. The van der Waals surface area contributed by atoms with E-state index in [-0.39, 0.29) is 6.10 Å². The van der Waals surface area contributed by atoms with Crippen molar-refractivity contribution < 1.29 is 14.3 Å². The summed E-state index contributed by atoms with van der Waals surface area (Å²) in [5.41, 5.74) is 0.930. The molecule has 4 nitrogen and oxygen atoms in total. The van der Waals surface area contributed by atoms with Crippen molar-refractivity contribution in [3.63, 3.8) is 0 Å². The number of nitrogens with zero attached hydrogens (tertiary/aromatic N) is 1. The van der Waals surface area contributed by atoms with Gasteiger partial charge in [-0.1, -0.05) is 5.16 Å². The van der Waals surface area contributed by atoms with Crippen LogP contribution in [0, 0.1) is 0 Å². The molecule has 0 aliphatic carbocycles. The molecular formula is C11H13NO3. The SMILES string of the molecule is CC(C)O/N=C/c1ccc2c(c1)OCO2. The van der Waals surface area contributed by atoms with Crippen molar-refractivity contribution in [2.45, 2.75) is 20.0 Å². The normalized spacial score (nSPS) is 13.8. The van der Waals surface area contributed by atoms with Gasteiger partial charge in [0.25, 0.3) is 0 Å². The molecule has 80 valence electrons. The Morgan fingerprint density at radius 2 is 2.13 bits per heavy atom. The molecule has 0 spiro atoms. The van der Waals surface area contributed by atoms with Crippen LogP contribution >= 0.6 is 0 Å². The van der Waals surface area contributed by atoms with Crippen LogP contribution in [0.1, 0.15) is 19.4 Å². The van der Waals surface area contributed by atoms with Gasteiger partial charge in [0.1, 0.15) is 6.10 Å². The molecule has 1 aromatic rings. The second kappa shape index (κ2) is 4.21. The first kappa shape index (κ1) is 9.83. The first-order valence-electron chi connectivity index (χ1n) is 4.84. The molecule has 0 atom stereocenters. The molecule has 15 heavy (non-hydrogen) atoms. The Kier molecular flexibility index (Phi) is 2.76. The molecule has 0 saturated heterocycles. The first-order valence-corrected chi connectivity index (χ1v) is 4.84. The Hall–Kier alpha value is -1.71. The predicted molar refractivity (Wildman–Crippen MR) is 56.4 cm³/mol. The highest BCUT2D eigenvalue weighted by molar-refractivity contribution is 5.80. The first-order chi connectivity index (χ1) is 7.25. The third-order valence-corrected chi connectivity index (χ3v) is 1.87. The van der Waals surface area contributed by atoms with Crippen LogP contribution in [0.2, 0.25) is 0 Å². The van der Waals surface area contributed by atoms with E-state index in [0.29, 0.717) is 6.79 Å². The smallest absolute Gasteiger partial charge is 0.231 e. The van der Waals surface area contributed by atoms with Crippen LogP contribution in [-0.2, 0) is 4.84 Å². The minimum Gasteiger partial charge on any atom is -0.454 e. The van der Waals surface area contributed by atoms with E-state index in [2.05, 4.69) is 5.16 Å². The highest BCUT2D eigenvalue weighted by Crippen LogP contribution is 2.31. The van der Waals surface area contributed by atoms with E-state index < -0.39 is 0 Å². The van der Waals surface area contributed by atoms with E-state index in [0.717, 1.165) is 17.1 Å². The van der Waals surface area contributed by atoms with Gasteiger partial charge in [0.15, 0.2) is 11.5 Å². The highest BCUT2D eigenvalue weighted by atomic mass is 16.7. The molecule has 0 N–H and O–H groups in total. The Labute approximate surface area is 88.4 Å². The zero-order valence-corrected chi connectivity index (χ0v) is 8.77. The molecule has 0 bridgehead atoms. The summed E-state index contributed by atoms with van der Waals surface area (Å²) >= 11 is 0. The lowest BCUT2D eigenvalue weighted by atomic mass is 10.2. The minimum atomic E-state index is 0.0928. The molecule has 1 aromatic carbocycles. The molecule has 1 heterocycles. The van der Waals surface area contributed by atoms with Gasteiger partial charge in [-0.25, -0.2) is 0 Å². The largest absolute Gasteiger partial charge is 0.454 e. The van der Waals surface area contributed by atoms with Gasteiger partial charge in [0, 0.05) is 5.56 Å². The Bertz CT molecular complexity index is 374. The fourth-order valence-electron chi connectivity index (χ4n) is 1.21. The fraction of sp³-hybridized carbons (Fsp3) is 0.364. The van der Waals surface area contributed by atoms with Gasteiger partial charge in [-0.2, -0.15) is 0 Å². The van der Waals surface area contributed by atoms with E-state index in [4.69, 9.17) is 14.3 Å². The molecule has 0 fully saturated rings. The van der Waals surface area contributed by atoms with Gasteiger partial charge in [0.2, 0.25) is 6.79 Å². The van der Waals surface area contributed by atoms with Crippen LogP contribution < -0.4 is 9.47 Å². The quantitative estimate of drug-likeness (QED) is 0.563. The highest BCUT2D eigenvalue weighted by Gasteiger charge is 2.12. The van der Waals surface area contributed by atoms with Crippen LogP contribution in [0.5, 0.6) is 11.5 Å². The molecule has 0 saturated carbocycles. The van der Waals surface area contributed by atoms with Gasteiger partial charge in [0.05, 0.1) is 6.21 Å². The van der Waals surface area contributed by atoms with E-state index in [1.54, 1.807) is 6.21 Å². The summed E-state index contributed by atoms with van der Waals surface area (Å²) in [7, 11) is 0. The monoisotopic (exact) mass is 207 g/mol. The maximum atomic E-state index is 5.24. The maximum Gasteiger partial charge on any atom is 0.231 e. The average molecular weight is 207 g/mol. The molecule has 2 rings (SSSR count). The number of rotatable bonds is 3. The summed E-state index contributed by atoms with van der Waals surface area (Å²) in [5.74, 6) is 1.53. The van der Waals surface area contributed by atoms with Gasteiger partial charge in [-0.05, 0) is 32.0 Å². The number of hydrogen-bond donors (Lipinski definition) is 0. The molecule has 1 aliphatic heterocycles. The van der Waals surface area contributed by atoms with Gasteiger partial charge >= 0.3 is 0 Å². The van der Waals surface area contributed by atoms with Crippen molar-refractivity contribution in [3.8, 4) is 11.5 Å². The summed E-state index contributed by atoms with van der Waals surface area (Å²) in [5, 5.41) is 3.85. The molecular weight excluding hydrogens is 194 g/mol. The molecule has 0 amide bonds. The number of fused-ring (bicyclic) bond motifs is 1. The summed E-state index contributed by atoms with van der Waals surface area (Å²) in [4.78, 5) is 5.06. The molecule has 4 heteroatoms. The predicted octanol–water partition coefficient (Wildman–Crippen LogP) is 2.17. The van der Waals surface area contributed by atoms with Crippen molar-refractivity contribution >= 4 is 6.21 Å². The topological polar surface area (TPSA) is 40.0 Å². The molecule has 1 aliphatic rings. The maximum absolute atomic E-state index is 5.24. The zero-order chi connectivity index (χ0) is 10.7. The second-order valence-electron chi connectivity index (χ2n) is 3.50. The van der Waals surface area contributed by atoms with E-state index >= 15 is 0 Å². The lowest BCUT2D eigenvalue weighted by molar-refractivity contribution is 0.0874. The Morgan fingerprint density at radius 1 is 1.33 bits per heavy atom. The second-order valence-corrected chi connectivity index (χ2v) is 3.50. The lowest BCUT2D eigenvalue weighted by Crippen LogP contribution is -1.96. The van der Waals surface area contributed by atoms with Crippen LogP contribution in [0.15, 0.2) is 23.4 Å². The molecule has 0 unspecified atom stereocenters. The van der Waals surface area contributed by atoms with Crippen LogP contribution in [0.25, 0.3) is 0 Å². The van der Waals surface area contributed by atoms with Crippen LogP contribution in [0.4, 0.5) is 0 Å². The van der Waals surface area contributed by atoms with E-state index in [1.807, 2.05) is 32.0 Å². The van der Waals surface area contributed by atoms with E-state index in [1.165, 1.54) is 0 Å². The van der Waals surface area contributed by atoms with Crippen LogP contribution in [-0.4, -0.2) is 19.1 Å². The summed E-state index contributed by atoms with van der Waals surface area (Å²) in [6.07, 6.45) is 1.75. The number of ether oxygens (including phenoxy) is 2. The minimum absolute atomic E-state index is 0.0928. The molecule has 0 aromatic heterocycles. The third-order valence-electron chi connectivity index (χ3n) is 1.87. The van der Waals surface area contributed by atoms with Crippen molar-refractivity contribution in [1.82, 2.24) is 0 Å². The number of oxime groups is 1. The van der Waals surface area contributed by atoms with Gasteiger partial charge in [-0.15, -0.1) is 0 Å². The van der Waals surface area contributed by atoms with Crippen LogP contribution in [0.3, 0.4) is 0 Å². The van der Waals surface area contributed by atoms with Gasteiger partial charge < -0.3 is 14.3 Å².